The molecule has 41 heavy (non-hydrogen) atoms. The molecule has 1 fully saturated rings. The molecule has 3 aliphatic rings. The van der Waals surface area contributed by atoms with Crippen LogP contribution in [0.2, 0.25) is 5.02 Å². The van der Waals surface area contributed by atoms with Crippen molar-refractivity contribution in [2.75, 3.05) is 0 Å². The fourth-order valence-electron chi connectivity index (χ4n) is 5.36. The zero-order valence-electron chi connectivity index (χ0n) is 21.0. The Morgan fingerprint density at radius 3 is 2.80 bits per heavy atom. The Labute approximate surface area is 256 Å². The van der Waals surface area contributed by atoms with E-state index in [-0.39, 0.29) is 11.3 Å². The van der Waals surface area contributed by atoms with E-state index in [2.05, 4.69) is 21.2 Å². The van der Waals surface area contributed by atoms with Gasteiger partial charge in [0.15, 0.2) is 10.8 Å². The third-order valence-electron chi connectivity index (χ3n) is 7.21. The number of nitrogens with zero attached hydrogens (tertiary/aromatic N) is 3. The third kappa shape index (κ3) is 4.20. The van der Waals surface area contributed by atoms with Crippen molar-refractivity contribution >= 4 is 77.9 Å². The number of fused-ring (bicyclic) bond motifs is 5. The van der Waals surface area contributed by atoms with Crippen LogP contribution in [0.15, 0.2) is 97.8 Å². The lowest BCUT2D eigenvalue weighted by atomic mass is 9.96. The second kappa shape index (κ2) is 9.49. The SMILES string of the molecule is O=C1NC2(Oc3ccc(Br)cc3C3CC(c4ccc(Cl)cc4)=NN32)/C(=C/c2ccc(-c3nc4ccccc4s3)o2)S1. The first-order valence-electron chi connectivity index (χ1n) is 12.7. The lowest BCUT2D eigenvalue weighted by molar-refractivity contribution is -0.0949. The standard InChI is InChI=1S/C30H18BrClN4O3S2/c31-17-7-11-24-20(13-17)23-15-22(16-5-8-18(32)9-6-16)35-36(23)30(39-24)27(41-29(37)34-30)14-19-10-12-25(38-19)28-33-21-3-1-2-4-26(21)40-28/h1-14,23H,15H2,(H,34,37)/b27-14-. The summed E-state index contributed by atoms with van der Waals surface area (Å²) in [6, 6.07) is 25.1. The molecule has 11 heteroatoms. The Morgan fingerprint density at radius 2 is 1.95 bits per heavy atom. The molecule has 1 amide bonds. The van der Waals surface area contributed by atoms with Gasteiger partial charge >= 0.3 is 5.85 Å². The maximum Gasteiger partial charge on any atom is 0.314 e. The Hall–Kier alpha value is -3.57. The molecule has 8 rings (SSSR count). The van der Waals surface area contributed by atoms with Crippen molar-refractivity contribution in [2.45, 2.75) is 18.3 Å². The summed E-state index contributed by atoms with van der Waals surface area (Å²) in [7, 11) is 0. The topological polar surface area (TPSA) is 80.0 Å². The smallest absolute Gasteiger partial charge is 0.314 e. The molecule has 0 bridgehead atoms. The van der Waals surface area contributed by atoms with Crippen molar-refractivity contribution in [3.63, 3.8) is 0 Å². The number of furan rings is 1. The molecule has 5 aromatic rings. The Balaban J connectivity index is 1.22. The zero-order valence-corrected chi connectivity index (χ0v) is 25.0. The second-order valence-electron chi connectivity index (χ2n) is 9.76. The van der Waals surface area contributed by atoms with Gasteiger partial charge in [0.25, 0.3) is 5.24 Å². The molecule has 1 N–H and O–H groups in total. The van der Waals surface area contributed by atoms with Gasteiger partial charge in [0.1, 0.15) is 11.5 Å². The monoisotopic (exact) mass is 660 g/mol. The van der Waals surface area contributed by atoms with E-state index in [0.717, 1.165) is 48.3 Å². The number of thiazole rings is 1. The number of carbonyl (C=O) groups is 1. The highest BCUT2D eigenvalue weighted by atomic mass is 79.9. The summed E-state index contributed by atoms with van der Waals surface area (Å²) < 4.78 is 14.9. The normalized spacial score (nSPS) is 22.1. The van der Waals surface area contributed by atoms with E-state index in [1.54, 1.807) is 11.3 Å². The minimum atomic E-state index is -1.33. The number of para-hydroxylation sites is 1. The van der Waals surface area contributed by atoms with Crippen LogP contribution in [0, 0.1) is 0 Å². The van der Waals surface area contributed by atoms with Gasteiger partial charge in [-0.15, -0.1) is 11.3 Å². The summed E-state index contributed by atoms with van der Waals surface area (Å²) in [4.78, 5) is 18.3. The minimum absolute atomic E-state index is 0.167. The lowest BCUT2D eigenvalue weighted by Crippen LogP contribution is -2.61. The number of thioether (sulfide) groups is 1. The quantitative estimate of drug-likeness (QED) is 0.209. The van der Waals surface area contributed by atoms with E-state index in [1.165, 1.54) is 0 Å². The van der Waals surface area contributed by atoms with E-state index >= 15 is 0 Å². The third-order valence-corrected chi connectivity index (χ3v) is 9.91. The first kappa shape index (κ1) is 25.2. The van der Waals surface area contributed by atoms with E-state index in [0.29, 0.717) is 33.6 Å². The molecule has 1 spiro atoms. The minimum Gasteiger partial charge on any atom is -0.454 e. The van der Waals surface area contributed by atoms with Crippen LogP contribution >= 0.6 is 50.6 Å². The van der Waals surface area contributed by atoms with Gasteiger partial charge < -0.3 is 9.15 Å². The van der Waals surface area contributed by atoms with Crippen molar-refractivity contribution in [2.24, 2.45) is 5.10 Å². The number of ether oxygens (including phenoxy) is 1. The van der Waals surface area contributed by atoms with Crippen LogP contribution in [0.4, 0.5) is 4.79 Å². The maximum absolute atomic E-state index is 13.0. The number of rotatable bonds is 3. The highest BCUT2D eigenvalue weighted by Gasteiger charge is 2.58. The largest absolute Gasteiger partial charge is 0.454 e. The van der Waals surface area contributed by atoms with Gasteiger partial charge in [-0.2, -0.15) is 5.10 Å². The van der Waals surface area contributed by atoms with Crippen LogP contribution < -0.4 is 10.1 Å². The van der Waals surface area contributed by atoms with Gasteiger partial charge in [-0.25, -0.2) is 9.99 Å². The number of hydrazone groups is 1. The highest BCUT2D eigenvalue weighted by Crippen LogP contribution is 2.53. The second-order valence-corrected chi connectivity index (χ2v) is 13.2. The molecule has 202 valence electrons. The predicted octanol–water partition coefficient (Wildman–Crippen LogP) is 8.67. The van der Waals surface area contributed by atoms with Crippen molar-refractivity contribution in [1.29, 1.82) is 0 Å². The predicted molar refractivity (Wildman–Crippen MR) is 166 cm³/mol. The number of halogens is 2. The van der Waals surface area contributed by atoms with Crippen molar-refractivity contribution in [3.05, 3.63) is 110 Å². The van der Waals surface area contributed by atoms with Gasteiger partial charge in [-0.3, -0.25) is 10.1 Å². The van der Waals surface area contributed by atoms with Crippen molar-refractivity contribution in [1.82, 2.24) is 15.3 Å². The Kier molecular flexibility index (Phi) is 5.82. The Morgan fingerprint density at radius 1 is 1.10 bits per heavy atom. The summed E-state index contributed by atoms with van der Waals surface area (Å²) in [5.41, 5.74) is 3.76. The van der Waals surface area contributed by atoms with Gasteiger partial charge in [0.2, 0.25) is 0 Å². The van der Waals surface area contributed by atoms with Crippen LogP contribution in [0.5, 0.6) is 5.75 Å². The fraction of sp³-hybridized carbons (Fsp3) is 0.100. The van der Waals surface area contributed by atoms with Gasteiger partial charge in [-0.05, 0) is 78.0 Å². The van der Waals surface area contributed by atoms with Gasteiger partial charge in [-0.1, -0.05) is 51.8 Å². The van der Waals surface area contributed by atoms with Crippen LogP contribution in [-0.2, 0) is 0 Å². The summed E-state index contributed by atoms with van der Waals surface area (Å²) >= 11 is 12.4. The van der Waals surface area contributed by atoms with E-state index in [9.17, 15) is 4.79 Å². The molecule has 3 aliphatic heterocycles. The molecular formula is C30H18BrClN4O3S2. The molecular weight excluding hydrogens is 644 g/mol. The van der Waals surface area contributed by atoms with Gasteiger partial charge in [0, 0.05) is 21.5 Å². The number of amides is 1. The molecule has 2 aromatic heterocycles. The molecule has 0 radical (unpaired) electrons. The molecule has 0 saturated carbocycles. The van der Waals surface area contributed by atoms with E-state index in [1.807, 2.05) is 89.9 Å². The molecule has 3 aromatic carbocycles. The zero-order chi connectivity index (χ0) is 27.7. The molecule has 0 aliphatic carbocycles. The van der Waals surface area contributed by atoms with Gasteiger partial charge in [0.05, 0.1) is 26.9 Å². The molecule has 2 unspecified atom stereocenters. The summed E-state index contributed by atoms with van der Waals surface area (Å²) in [6.07, 6.45) is 2.47. The molecule has 1 saturated heterocycles. The maximum atomic E-state index is 13.0. The van der Waals surface area contributed by atoms with Crippen LogP contribution in [0.1, 0.15) is 29.3 Å². The van der Waals surface area contributed by atoms with Crippen LogP contribution in [-0.4, -0.2) is 26.8 Å². The highest BCUT2D eigenvalue weighted by molar-refractivity contribution is 9.10. The van der Waals surface area contributed by atoms with Crippen LogP contribution in [0.3, 0.4) is 0 Å². The average Bonchev–Trinajstić information content (AvgIpc) is 3.75. The van der Waals surface area contributed by atoms with Crippen molar-refractivity contribution < 1.29 is 13.9 Å². The van der Waals surface area contributed by atoms with Crippen LogP contribution in [0.25, 0.3) is 27.1 Å². The number of aromatic nitrogens is 1. The summed E-state index contributed by atoms with van der Waals surface area (Å²) in [5, 5.41) is 11.2. The molecule has 5 heterocycles. The molecule has 2 atom stereocenters. The summed E-state index contributed by atoms with van der Waals surface area (Å²) in [5.74, 6) is 0.603. The van der Waals surface area contributed by atoms with E-state index in [4.69, 9.17) is 30.8 Å². The number of carbonyl (C=O) groups excluding carboxylic acids is 1. The first-order chi connectivity index (χ1) is 19.9. The number of hydrogen-bond acceptors (Lipinski definition) is 8. The Bertz CT molecular complexity index is 1900. The lowest BCUT2D eigenvalue weighted by Gasteiger charge is -2.45. The fourth-order valence-corrected chi connectivity index (χ4v) is 7.68. The average molecular weight is 662 g/mol. The number of hydrogen-bond donors (Lipinski definition) is 1. The first-order valence-corrected chi connectivity index (χ1v) is 15.5. The summed E-state index contributed by atoms with van der Waals surface area (Å²) in [6.45, 7) is 0. The number of nitrogens with one attached hydrogen (secondary N) is 1. The van der Waals surface area contributed by atoms with E-state index < -0.39 is 5.85 Å². The molecule has 7 nitrogen and oxygen atoms in total. The van der Waals surface area contributed by atoms with Crippen molar-refractivity contribution in [3.8, 4) is 16.5 Å². The number of benzene rings is 3.